The lowest BCUT2D eigenvalue weighted by Gasteiger charge is -2.35. The molecule has 0 radical (unpaired) electrons. The molecule has 0 aliphatic carbocycles. The van der Waals surface area contributed by atoms with Crippen LogP contribution in [0.1, 0.15) is 32.5 Å². The highest BCUT2D eigenvalue weighted by atomic mass is 19.4. The van der Waals surface area contributed by atoms with Crippen LogP contribution in [-0.2, 0) is 13.0 Å². The maximum absolute atomic E-state index is 13.1. The zero-order valence-electron chi connectivity index (χ0n) is 11.1. The van der Waals surface area contributed by atoms with Gasteiger partial charge in [-0.15, -0.1) is 0 Å². The lowest BCUT2D eigenvalue weighted by atomic mass is 9.88. The van der Waals surface area contributed by atoms with E-state index in [1.54, 1.807) is 10.8 Å². The summed E-state index contributed by atoms with van der Waals surface area (Å²) in [5, 5.41) is 9.98. The first-order valence-corrected chi connectivity index (χ1v) is 6.31. The lowest BCUT2D eigenvalue weighted by Crippen LogP contribution is -2.59. The maximum Gasteiger partial charge on any atom is 0.419 e. The van der Waals surface area contributed by atoms with Crippen molar-refractivity contribution in [3.63, 3.8) is 0 Å². The van der Waals surface area contributed by atoms with E-state index < -0.39 is 24.2 Å². The zero-order chi connectivity index (χ0) is 14.7. The average Bonchev–Trinajstić information content (AvgIpc) is 2.74. The van der Waals surface area contributed by atoms with Crippen molar-refractivity contribution in [3.8, 4) is 0 Å². The van der Waals surface area contributed by atoms with E-state index in [2.05, 4.69) is 4.98 Å². The van der Waals surface area contributed by atoms with E-state index in [4.69, 9.17) is 5.73 Å². The predicted molar refractivity (Wildman–Crippen MR) is 65.5 cm³/mol. The van der Waals surface area contributed by atoms with Crippen molar-refractivity contribution in [2.75, 3.05) is 0 Å². The fourth-order valence-corrected chi connectivity index (χ4v) is 1.97. The summed E-state index contributed by atoms with van der Waals surface area (Å²) in [6, 6.07) is -1.38. The number of imidazole rings is 1. The first kappa shape index (κ1) is 16.0. The third-order valence-electron chi connectivity index (χ3n) is 3.24. The smallest absolute Gasteiger partial charge is 0.379 e. The minimum Gasteiger partial charge on any atom is -0.379 e. The molecule has 0 saturated carbocycles. The van der Waals surface area contributed by atoms with Crippen LogP contribution in [0.15, 0.2) is 12.4 Å². The van der Waals surface area contributed by atoms with Crippen LogP contribution in [0.5, 0.6) is 0 Å². The molecule has 0 saturated heterocycles. The van der Waals surface area contributed by atoms with Crippen molar-refractivity contribution in [2.24, 2.45) is 5.73 Å². The Morgan fingerprint density at radius 3 is 2.53 bits per heavy atom. The van der Waals surface area contributed by atoms with Crippen LogP contribution < -0.4 is 5.73 Å². The van der Waals surface area contributed by atoms with Gasteiger partial charge in [-0.25, -0.2) is 4.98 Å². The lowest BCUT2D eigenvalue weighted by molar-refractivity contribution is -0.268. The Kier molecular flexibility index (Phi) is 4.98. The largest absolute Gasteiger partial charge is 0.419 e. The van der Waals surface area contributed by atoms with Crippen molar-refractivity contribution in [1.29, 1.82) is 0 Å². The monoisotopic (exact) mass is 279 g/mol. The molecule has 2 unspecified atom stereocenters. The highest BCUT2D eigenvalue weighted by Crippen LogP contribution is 2.36. The molecule has 1 aromatic heterocycles. The van der Waals surface area contributed by atoms with E-state index in [9.17, 15) is 18.3 Å². The van der Waals surface area contributed by atoms with Gasteiger partial charge in [0.1, 0.15) is 5.82 Å². The van der Waals surface area contributed by atoms with E-state index in [1.807, 2.05) is 6.92 Å². The summed E-state index contributed by atoms with van der Waals surface area (Å²) >= 11 is 0. The second-order valence-electron chi connectivity index (χ2n) is 4.65. The van der Waals surface area contributed by atoms with Crippen molar-refractivity contribution in [2.45, 2.75) is 57.5 Å². The number of alkyl halides is 3. The Labute approximate surface area is 110 Å². The summed E-state index contributed by atoms with van der Waals surface area (Å²) in [5.41, 5.74) is 2.53. The molecule has 4 nitrogen and oxygen atoms in total. The number of aryl methyl sites for hydroxylation is 1. The van der Waals surface area contributed by atoms with E-state index in [-0.39, 0.29) is 12.2 Å². The third-order valence-corrected chi connectivity index (χ3v) is 3.24. The molecule has 1 heterocycles. The van der Waals surface area contributed by atoms with E-state index in [1.165, 1.54) is 13.1 Å². The molecule has 1 rings (SSSR count). The number of nitrogens with two attached hydrogens (primary N) is 1. The second-order valence-corrected chi connectivity index (χ2v) is 4.65. The first-order chi connectivity index (χ1) is 8.76. The summed E-state index contributed by atoms with van der Waals surface area (Å²) in [6.45, 7) is 3.99. The van der Waals surface area contributed by atoms with Gasteiger partial charge < -0.3 is 15.4 Å². The number of hydrogen-bond acceptors (Lipinski definition) is 3. The fourth-order valence-electron chi connectivity index (χ4n) is 1.97. The van der Waals surface area contributed by atoms with E-state index >= 15 is 0 Å². The van der Waals surface area contributed by atoms with Crippen LogP contribution in [0.2, 0.25) is 0 Å². The number of aromatic nitrogens is 2. The molecule has 0 spiro atoms. The molecule has 0 fully saturated rings. The molecular weight excluding hydrogens is 259 g/mol. The molecule has 0 aliphatic rings. The topological polar surface area (TPSA) is 64.1 Å². The molecule has 1 aromatic rings. The molecule has 0 bridgehead atoms. The third kappa shape index (κ3) is 3.27. The SMILES string of the molecule is CCCn1ccnc1CC(O)(C(N)CC)C(F)(F)F. The van der Waals surface area contributed by atoms with Gasteiger partial charge in [0, 0.05) is 31.4 Å². The molecule has 0 aliphatic heterocycles. The van der Waals surface area contributed by atoms with Gasteiger partial charge in [-0.05, 0) is 12.8 Å². The number of aliphatic hydroxyl groups is 1. The van der Waals surface area contributed by atoms with Crippen LogP contribution in [0, 0.1) is 0 Å². The summed E-state index contributed by atoms with van der Waals surface area (Å²) in [4.78, 5) is 3.90. The van der Waals surface area contributed by atoms with Gasteiger partial charge in [0.25, 0.3) is 0 Å². The maximum atomic E-state index is 13.1. The van der Waals surface area contributed by atoms with Gasteiger partial charge in [0.2, 0.25) is 0 Å². The summed E-state index contributed by atoms with van der Waals surface area (Å²) in [6.07, 6.45) is -1.57. The van der Waals surface area contributed by atoms with Gasteiger partial charge in [0.15, 0.2) is 5.60 Å². The number of hydrogen-bond donors (Lipinski definition) is 2. The van der Waals surface area contributed by atoms with E-state index in [0.717, 1.165) is 6.42 Å². The van der Waals surface area contributed by atoms with Crippen LogP contribution in [0.25, 0.3) is 0 Å². The van der Waals surface area contributed by atoms with Crippen molar-refractivity contribution in [3.05, 3.63) is 18.2 Å². The Morgan fingerprint density at radius 1 is 1.42 bits per heavy atom. The Bertz CT molecular complexity index is 405. The zero-order valence-corrected chi connectivity index (χ0v) is 11.1. The van der Waals surface area contributed by atoms with Crippen molar-refractivity contribution in [1.82, 2.24) is 9.55 Å². The highest BCUT2D eigenvalue weighted by molar-refractivity contribution is 5.05. The van der Waals surface area contributed by atoms with Crippen LogP contribution in [0.4, 0.5) is 13.2 Å². The normalized spacial score (nSPS) is 17.2. The van der Waals surface area contributed by atoms with E-state index in [0.29, 0.717) is 6.54 Å². The number of halogens is 3. The van der Waals surface area contributed by atoms with Crippen molar-refractivity contribution < 1.29 is 18.3 Å². The summed E-state index contributed by atoms with van der Waals surface area (Å²) in [5.74, 6) is 0.200. The Balaban J connectivity index is 3.05. The van der Waals surface area contributed by atoms with Crippen molar-refractivity contribution >= 4 is 0 Å². The van der Waals surface area contributed by atoms with Gasteiger partial charge in [0.05, 0.1) is 0 Å². The highest BCUT2D eigenvalue weighted by Gasteiger charge is 2.57. The number of rotatable bonds is 6. The first-order valence-electron chi connectivity index (χ1n) is 6.31. The standard InChI is InChI=1S/C12H20F3N3O/c1-3-6-18-7-5-17-10(18)8-11(19,9(16)4-2)12(13,14)15/h5,7,9,19H,3-4,6,8,16H2,1-2H3. The molecule has 0 aromatic carbocycles. The second kappa shape index (κ2) is 5.92. The summed E-state index contributed by atoms with van der Waals surface area (Å²) in [7, 11) is 0. The van der Waals surface area contributed by atoms with Gasteiger partial charge in [-0.1, -0.05) is 13.8 Å². The van der Waals surface area contributed by atoms with Gasteiger partial charge in [-0.3, -0.25) is 0 Å². The molecule has 19 heavy (non-hydrogen) atoms. The molecule has 110 valence electrons. The van der Waals surface area contributed by atoms with Gasteiger partial charge in [-0.2, -0.15) is 13.2 Å². The van der Waals surface area contributed by atoms with Crippen LogP contribution in [0.3, 0.4) is 0 Å². The quantitative estimate of drug-likeness (QED) is 0.835. The molecule has 0 amide bonds. The molecule has 3 N–H and O–H groups in total. The minimum absolute atomic E-state index is 0.0322. The fraction of sp³-hybridized carbons (Fsp3) is 0.750. The number of nitrogens with zero attached hydrogens (tertiary/aromatic N) is 2. The van der Waals surface area contributed by atoms with Crippen LogP contribution >= 0.6 is 0 Å². The van der Waals surface area contributed by atoms with Gasteiger partial charge >= 0.3 is 6.18 Å². The minimum atomic E-state index is -4.79. The predicted octanol–water partition coefficient (Wildman–Crippen LogP) is 1.87. The summed E-state index contributed by atoms with van der Waals surface area (Å²) < 4.78 is 40.9. The Morgan fingerprint density at radius 2 is 2.05 bits per heavy atom. The molecule has 7 heteroatoms. The molecular formula is C12H20F3N3O. The average molecular weight is 279 g/mol. The van der Waals surface area contributed by atoms with Crippen LogP contribution in [-0.4, -0.2) is 32.5 Å². The molecule has 2 atom stereocenters. The Hall–Kier alpha value is -1.08.